The molecule has 0 spiro atoms. The standard InChI is InChI=1S/C22H36N4O5/c1-8-23-20(26-10-9-15(14-26)25-21(27)31-22(2,3)4)24-13-17-18(29-6)11-16(28-5)12-19(17)30-7/h11-12,15H,8-10,13-14H2,1-7H3,(H,23,24)(H,25,27). The van der Waals surface area contributed by atoms with Gasteiger partial charge in [0.25, 0.3) is 0 Å². The van der Waals surface area contributed by atoms with E-state index >= 15 is 0 Å². The minimum Gasteiger partial charge on any atom is -0.496 e. The molecule has 0 radical (unpaired) electrons. The average Bonchev–Trinajstić information content (AvgIpc) is 3.17. The molecule has 9 nitrogen and oxygen atoms in total. The number of aliphatic imine (C=N–C) groups is 1. The first-order valence-electron chi connectivity index (χ1n) is 10.5. The summed E-state index contributed by atoms with van der Waals surface area (Å²) in [7, 11) is 4.82. The molecule has 1 heterocycles. The molecule has 0 bridgehead atoms. The van der Waals surface area contributed by atoms with Gasteiger partial charge in [0.2, 0.25) is 0 Å². The number of methoxy groups -OCH3 is 3. The van der Waals surface area contributed by atoms with E-state index in [4.69, 9.17) is 23.9 Å². The molecule has 1 aliphatic heterocycles. The number of carbonyl (C=O) groups excluding carboxylic acids is 1. The lowest BCUT2D eigenvalue weighted by Crippen LogP contribution is -2.44. The molecule has 1 amide bonds. The molecular formula is C22H36N4O5. The summed E-state index contributed by atoms with van der Waals surface area (Å²) >= 11 is 0. The zero-order valence-electron chi connectivity index (χ0n) is 19.7. The lowest BCUT2D eigenvalue weighted by atomic mass is 10.1. The maximum atomic E-state index is 12.1. The molecule has 1 aromatic carbocycles. The third kappa shape index (κ3) is 7.11. The van der Waals surface area contributed by atoms with Gasteiger partial charge in [0.15, 0.2) is 5.96 Å². The Bertz CT molecular complexity index is 751. The Morgan fingerprint density at radius 2 is 1.81 bits per heavy atom. The number of ether oxygens (including phenoxy) is 4. The second-order valence-electron chi connectivity index (χ2n) is 8.26. The number of alkyl carbamates (subject to hydrolysis) is 1. The molecule has 2 N–H and O–H groups in total. The molecule has 1 unspecified atom stereocenters. The van der Waals surface area contributed by atoms with Crippen LogP contribution >= 0.6 is 0 Å². The molecular weight excluding hydrogens is 400 g/mol. The van der Waals surface area contributed by atoms with Gasteiger partial charge in [0.05, 0.1) is 39.5 Å². The molecule has 9 heteroatoms. The van der Waals surface area contributed by atoms with Gasteiger partial charge in [-0.1, -0.05) is 0 Å². The summed E-state index contributed by atoms with van der Waals surface area (Å²) in [6, 6.07) is 3.64. The highest BCUT2D eigenvalue weighted by molar-refractivity contribution is 5.80. The Labute approximate surface area is 185 Å². The van der Waals surface area contributed by atoms with Crippen molar-refractivity contribution in [3.8, 4) is 17.2 Å². The monoisotopic (exact) mass is 436 g/mol. The van der Waals surface area contributed by atoms with Crippen LogP contribution in [0.4, 0.5) is 4.79 Å². The maximum absolute atomic E-state index is 12.1. The molecule has 1 fully saturated rings. The van der Waals surface area contributed by atoms with E-state index in [0.717, 1.165) is 31.0 Å². The lowest BCUT2D eigenvalue weighted by molar-refractivity contribution is 0.0507. The fourth-order valence-corrected chi connectivity index (χ4v) is 3.36. The summed E-state index contributed by atoms with van der Waals surface area (Å²) in [5, 5.41) is 6.28. The van der Waals surface area contributed by atoms with Crippen LogP contribution in [-0.4, -0.2) is 69.6 Å². The van der Waals surface area contributed by atoms with Crippen molar-refractivity contribution in [1.82, 2.24) is 15.5 Å². The largest absolute Gasteiger partial charge is 0.496 e. The third-order valence-corrected chi connectivity index (χ3v) is 4.75. The minimum atomic E-state index is -0.519. The summed E-state index contributed by atoms with van der Waals surface area (Å²) in [6.07, 6.45) is 0.424. The van der Waals surface area contributed by atoms with Gasteiger partial charge in [-0.2, -0.15) is 0 Å². The Kier molecular flexibility index (Phi) is 8.65. The van der Waals surface area contributed by atoms with E-state index in [9.17, 15) is 4.79 Å². The maximum Gasteiger partial charge on any atom is 0.407 e. The number of nitrogens with one attached hydrogen (secondary N) is 2. The van der Waals surface area contributed by atoms with Crippen LogP contribution < -0.4 is 24.8 Å². The molecule has 0 aliphatic carbocycles. The van der Waals surface area contributed by atoms with E-state index in [2.05, 4.69) is 15.5 Å². The highest BCUT2D eigenvalue weighted by Crippen LogP contribution is 2.34. The van der Waals surface area contributed by atoms with Crippen LogP contribution in [0.1, 0.15) is 39.7 Å². The van der Waals surface area contributed by atoms with Crippen molar-refractivity contribution in [2.75, 3.05) is 41.0 Å². The Hall–Kier alpha value is -2.84. The van der Waals surface area contributed by atoms with Gasteiger partial charge in [0.1, 0.15) is 22.8 Å². The van der Waals surface area contributed by atoms with Gasteiger partial charge in [-0.15, -0.1) is 0 Å². The summed E-state index contributed by atoms with van der Waals surface area (Å²) in [5.41, 5.74) is 0.318. The van der Waals surface area contributed by atoms with Crippen LogP contribution in [0.3, 0.4) is 0 Å². The van der Waals surface area contributed by atoms with Gasteiger partial charge >= 0.3 is 6.09 Å². The Morgan fingerprint density at radius 3 is 2.32 bits per heavy atom. The van der Waals surface area contributed by atoms with Crippen molar-refractivity contribution in [2.45, 2.75) is 52.3 Å². The number of carbonyl (C=O) groups is 1. The second-order valence-corrected chi connectivity index (χ2v) is 8.26. The van der Waals surface area contributed by atoms with Gasteiger partial charge < -0.3 is 34.5 Å². The Balaban J connectivity index is 2.12. The number of nitrogens with zero attached hydrogens (tertiary/aromatic N) is 2. The number of benzene rings is 1. The first-order chi connectivity index (χ1) is 14.7. The van der Waals surface area contributed by atoms with Crippen molar-refractivity contribution in [3.05, 3.63) is 17.7 Å². The van der Waals surface area contributed by atoms with Crippen LogP contribution in [0.15, 0.2) is 17.1 Å². The quantitative estimate of drug-likeness (QED) is 0.501. The highest BCUT2D eigenvalue weighted by atomic mass is 16.6. The number of likely N-dealkylation sites (tertiary alicyclic amines) is 1. The normalized spacial score (nSPS) is 16.7. The molecule has 0 aromatic heterocycles. The first kappa shape index (κ1) is 24.4. The van der Waals surface area contributed by atoms with E-state index in [-0.39, 0.29) is 6.04 Å². The van der Waals surface area contributed by atoms with Gasteiger partial charge in [0, 0.05) is 31.8 Å². The third-order valence-electron chi connectivity index (χ3n) is 4.75. The molecule has 0 saturated carbocycles. The smallest absolute Gasteiger partial charge is 0.407 e. The topological polar surface area (TPSA) is 93.7 Å². The molecule has 1 atom stereocenters. The van der Waals surface area contributed by atoms with E-state index in [1.165, 1.54) is 0 Å². The second kappa shape index (κ2) is 11.0. The zero-order valence-corrected chi connectivity index (χ0v) is 19.7. The van der Waals surface area contributed by atoms with Crippen LogP contribution in [0, 0.1) is 0 Å². The Morgan fingerprint density at radius 1 is 1.16 bits per heavy atom. The lowest BCUT2D eigenvalue weighted by Gasteiger charge is -2.23. The number of guanidine groups is 1. The van der Waals surface area contributed by atoms with Crippen molar-refractivity contribution >= 4 is 12.1 Å². The first-order valence-corrected chi connectivity index (χ1v) is 10.5. The van der Waals surface area contributed by atoms with Crippen LogP contribution in [-0.2, 0) is 11.3 Å². The fraction of sp³-hybridized carbons (Fsp3) is 0.636. The summed E-state index contributed by atoms with van der Waals surface area (Å²) < 4.78 is 21.7. The van der Waals surface area contributed by atoms with Crippen molar-refractivity contribution in [1.29, 1.82) is 0 Å². The van der Waals surface area contributed by atoms with Crippen LogP contribution in [0.25, 0.3) is 0 Å². The van der Waals surface area contributed by atoms with E-state index in [1.807, 2.05) is 39.8 Å². The van der Waals surface area contributed by atoms with Gasteiger partial charge in [-0.3, -0.25) is 0 Å². The number of amides is 1. The molecule has 31 heavy (non-hydrogen) atoms. The molecule has 1 aromatic rings. The van der Waals surface area contributed by atoms with E-state index in [0.29, 0.717) is 30.3 Å². The number of hydrogen-bond acceptors (Lipinski definition) is 6. The van der Waals surface area contributed by atoms with Crippen molar-refractivity contribution in [2.24, 2.45) is 4.99 Å². The van der Waals surface area contributed by atoms with Gasteiger partial charge in [-0.25, -0.2) is 9.79 Å². The summed E-state index contributed by atoms with van der Waals surface area (Å²) in [4.78, 5) is 19.0. The number of rotatable bonds is 7. The van der Waals surface area contributed by atoms with E-state index in [1.54, 1.807) is 21.3 Å². The molecule has 2 rings (SSSR count). The summed E-state index contributed by atoms with van der Waals surface area (Å²) in [6.45, 7) is 10.1. The highest BCUT2D eigenvalue weighted by Gasteiger charge is 2.28. The number of hydrogen-bond donors (Lipinski definition) is 2. The van der Waals surface area contributed by atoms with Crippen LogP contribution in [0.5, 0.6) is 17.2 Å². The van der Waals surface area contributed by atoms with Crippen LogP contribution in [0.2, 0.25) is 0 Å². The molecule has 1 aliphatic rings. The SMILES string of the molecule is CCNC(=NCc1c(OC)cc(OC)cc1OC)N1CCC(NC(=O)OC(C)(C)C)C1. The summed E-state index contributed by atoms with van der Waals surface area (Å²) in [5.74, 6) is 2.74. The predicted molar refractivity (Wildman–Crippen MR) is 120 cm³/mol. The average molecular weight is 437 g/mol. The van der Waals surface area contributed by atoms with Crippen molar-refractivity contribution in [3.63, 3.8) is 0 Å². The predicted octanol–water partition coefficient (Wildman–Crippen LogP) is 2.78. The fourth-order valence-electron chi connectivity index (χ4n) is 3.36. The van der Waals surface area contributed by atoms with Gasteiger partial charge in [-0.05, 0) is 34.1 Å². The van der Waals surface area contributed by atoms with E-state index < -0.39 is 11.7 Å². The minimum absolute atomic E-state index is 0.00349. The van der Waals surface area contributed by atoms with Crippen molar-refractivity contribution < 1.29 is 23.7 Å². The molecule has 174 valence electrons. The zero-order chi connectivity index (χ0) is 23.0. The molecule has 1 saturated heterocycles.